The summed E-state index contributed by atoms with van der Waals surface area (Å²) in [7, 11) is 0. The molecule has 152 valence electrons. The molecule has 0 N–H and O–H groups in total. The molecule has 1 fully saturated rings. The first-order chi connectivity index (χ1) is 14.7. The van der Waals surface area contributed by atoms with Crippen LogP contribution < -0.4 is 0 Å². The van der Waals surface area contributed by atoms with Gasteiger partial charge in [0, 0.05) is 12.1 Å². The van der Waals surface area contributed by atoms with Crippen molar-refractivity contribution in [3.63, 3.8) is 0 Å². The van der Waals surface area contributed by atoms with Gasteiger partial charge in [0.25, 0.3) is 0 Å². The third kappa shape index (κ3) is 3.66. The van der Waals surface area contributed by atoms with Crippen LogP contribution in [0.15, 0.2) is 65.1 Å². The predicted molar refractivity (Wildman–Crippen MR) is 123 cm³/mol. The topological polar surface area (TPSA) is 29.3 Å². The normalized spacial score (nSPS) is 15.0. The fourth-order valence-corrected chi connectivity index (χ4v) is 4.65. The van der Waals surface area contributed by atoms with Crippen molar-refractivity contribution >= 4 is 11.1 Å². The molecule has 5 rings (SSSR count). The second kappa shape index (κ2) is 8.08. The summed E-state index contributed by atoms with van der Waals surface area (Å²) in [4.78, 5) is 7.46. The lowest BCUT2D eigenvalue weighted by molar-refractivity contribution is 0.221. The summed E-state index contributed by atoms with van der Waals surface area (Å²) in [6.45, 7) is 7.69. The zero-order chi connectivity index (χ0) is 20.5. The third-order valence-electron chi connectivity index (χ3n) is 6.24. The van der Waals surface area contributed by atoms with Crippen molar-refractivity contribution in [3.8, 4) is 22.6 Å². The Bertz CT molecular complexity index is 1170. The van der Waals surface area contributed by atoms with Gasteiger partial charge in [-0.3, -0.25) is 4.90 Å². The van der Waals surface area contributed by atoms with Crippen molar-refractivity contribution in [2.45, 2.75) is 39.7 Å². The molecule has 2 heterocycles. The van der Waals surface area contributed by atoms with Gasteiger partial charge in [-0.2, -0.15) is 0 Å². The van der Waals surface area contributed by atoms with E-state index in [1.807, 2.05) is 6.07 Å². The molecule has 4 aromatic rings. The van der Waals surface area contributed by atoms with Gasteiger partial charge in [-0.25, -0.2) is 4.98 Å². The number of benzene rings is 3. The number of aromatic nitrogens is 1. The molecule has 3 aromatic carbocycles. The second-order valence-electron chi connectivity index (χ2n) is 8.46. The van der Waals surface area contributed by atoms with Crippen LogP contribution in [0.25, 0.3) is 33.7 Å². The van der Waals surface area contributed by atoms with Crippen LogP contribution in [-0.4, -0.2) is 23.0 Å². The van der Waals surface area contributed by atoms with Gasteiger partial charge < -0.3 is 4.42 Å². The number of nitrogens with zero attached hydrogens (tertiary/aromatic N) is 2. The smallest absolute Gasteiger partial charge is 0.227 e. The summed E-state index contributed by atoms with van der Waals surface area (Å²) >= 11 is 0. The number of rotatable bonds is 4. The molecule has 0 radical (unpaired) electrons. The Kier molecular flexibility index (Phi) is 5.14. The van der Waals surface area contributed by atoms with Crippen LogP contribution in [0.5, 0.6) is 0 Å². The Morgan fingerprint density at radius 1 is 0.867 bits per heavy atom. The van der Waals surface area contributed by atoms with E-state index in [0.29, 0.717) is 5.89 Å². The van der Waals surface area contributed by atoms with Crippen molar-refractivity contribution in [1.29, 1.82) is 0 Å². The van der Waals surface area contributed by atoms with Gasteiger partial charge in [-0.15, -0.1) is 0 Å². The first-order valence-electron chi connectivity index (χ1n) is 11.0. The minimum Gasteiger partial charge on any atom is -0.436 e. The van der Waals surface area contributed by atoms with Gasteiger partial charge in [-0.05, 0) is 79.7 Å². The SMILES string of the molecule is Cc1c(-c2ccccc2)cccc1-c1nc2cc(CN3CCCCC3)cc(C)c2o1. The molecule has 1 aromatic heterocycles. The van der Waals surface area contributed by atoms with E-state index in [4.69, 9.17) is 9.40 Å². The quantitative estimate of drug-likeness (QED) is 0.381. The molecule has 3 nitrogen and oxygen atoms in total. The van der Waals surface area contributed by atoms with Crippen molar-refractivity contribution < 1.29 is 4.42 Å². The first-order valence-corrected chi connectivity index (χ1v) is 11.0. The summed E-state index contributed by atoms with van der Waals surface area (Å²) in [5, 5.41) is 0. The molecule has 1 aliphatic heterocycles. The van der Waals surface area contributed by atoms with E-state index in [1.54, 1.807) is 0 Å². The minimum absolute atomic E-state index is 0.707. The largest absolute Gasteiger partial charge is 0.436 e. The second-order valence-corrected chi connectivity index (χ2v) is 8.46. The average Bonchev–Trinajstić information content (AvgIpc) is 3.20. The molecule has 0 bridgehead atoms. The first kappa shape index (κ1) is 19.1. The number of hydrogen-bond acceptors (Lipinski definition) is 3. The van der Waals surface area contributed by atoms with Gasteiger partial charge in [0.1, 0.15) is 5.52 Å². The number of piperidine rings is 1. The van der Waals surface area contributed by atoms with Crippen LogP contribution in [0.3, 0.4) is 0 Å². The maximum Gasteiger partial charge on any atom is 0.227 e. The fraction of sp³-hybridized carbons (Fsp3) is 0.296. The number of oxazole rings is 1. The van der Waals surface area contributed by atoms with Crippen LogP contribution in [-0.2, 0) is 6.54 Å². The van der Waals surface area contributed by atoms with E-state index in [2.05, 4.69) is 73.3 Å². The Hall–Kier alpha value is -2.91. The van der Waals surface area contributed by atoms with E-state index in [1.165, 1.54) is 54.6 Å². The average molecular weight is 397 g/mol. The van der Waals surface area contributed by atoms with Gasteiger partial charge in [0.05, 0.1) is 0 Å². The van der Waals surface area contributed by atoms with Crippen LogP contribution >= 0.6 is 0 Å². The van der Waals surface area contributed by atoms with Crippen LogP contribution in [0, 0.1) is 13.8 Å². The third-order valence-corrected chi connectivity index (χ3v) is 6.24. The Morgan fingerprint density at radius 2 is 1.63 bits per heavy atom. The summed E-state index contributed by atoms with van der Waals surface area (Å²) in [6.07, 6.45) is 3.99. The molecule has 0 unspecified atom stereocenters. The fourth-order valence-electron chi connectivity index (χ4n) is 4.65. The van der Waals surface area contributed by atoms with Crippen molar-refractivity contribution in [2.75, 3.05) is 13.1 Å². The molecular formula is C27H28N2O. The van der Waals surface area contributed by atoms with Gasteiger partial charge in [-0.1, -0.05) is 55.0 Å². The van der Waals surface area contributed by atoms with Crippen LogP contribution in [0.1, 0.15) is 36.0 Å². The van der Waals surface area contributed by atoms with Crippen molar-refractivity contribution in [1.82, 2.24) is 9.88 Å². The summed E-state index contributed by atoms with van der Waals surface area (Å²) in [5.41, 5.74) is 9.04. The Labute approximate surface area is 178 Å². The van der Waals surface area contributed by atoms with E-state index in [0.717, 1.165) is 28.8 Å². The highest BCUT2D eigenvalue weighted by Crippen LogP contribution is 2.34. The summed E-state index contributed by atoms with van der Waals surface area (Å²) in [6, 6.07) is 21.3. The molecule has 0 atom stereocenters. The minimum atomic E-state index is 0.707. The van der Waals surface area contributed by atoms with E-state index in [-0.39, 0.29) is 0 Å². The molecule has 3 heteroatoms. The maximum atomic E-state index is 6.28. The molecule has 1 saturated heterocycles. The lowest BCUT2D eigenvalue weighted by Gasteiger charge is -2.26. The Morgan fingerprint density at radius 3 is 2.43 bits per heavy atom. The van der Waals surface area contributed by atoms with Crippen LogP contribution in [0.4, 0.5) is 0 Å². The van der Waals surface area contributed by atoms with E-state index < -0.39 is 0 Å². The predicted octanol–water partition coefficient (Wildman–Crippen LogP) is 6.76. The molecule has 0 saturated carbocycles. The molecule has 30 heavy (non-hydrogen) atoms. The van der Waals surface area contributed by atoms with Gasteiger partial charge in [0.15, 0.2) is 5.58 Å². The van der Waals surface area contributed by atoms with Crippen molar-refractivity contribution in [3.05, 3.63) is 77.4 Å². The monoisotopic (exact) mass is 396 g/mol. The summed E-state index contributed by atoms with van der Waals surface area (Å²) in [5.74, 6) is 0.707. The van der Waals surface area contributed by atoms with E-state index in [9.17, 15) is 0 Å². The van der Waals surface area contributed by atoms with Gasteiger partial charge >= 0.3 is 0 Å². The zero-order valence-electron chi connectivity index (χ0n) is 17.8. The molecule has 0 aliphatic carbocycles. The standard InChI is InChI=1S/C27H28N2O/c1-19-16-21(18-29-14-7-4-8-15-29)17-25-26(19)30-27(28-25)24-13-9-12-23(20(24)2)22-10-5-3-6-11-22/h3,5-6,9-13,16-17H,4,7-8,14-15,18H2,1-2H3. The number of fused-ring (bicyclic) bond motifs is 1. The molecule has 0 amide bonds. The maximum absolute atomic E-state index is 6.28. The highest BCUT2D eigenvalue weighted by atomic mass is 16.3. The van der Waals surface area contributed by atoms with E-state index >= 15 is 0 Å². The molecular weight excluding hydrogens is 368 g/mol. The summed E-state index contributed by atoms with van der Waals surface area (Å²) < 4.78 is 6.28. The molecule has 0 spiro atoms. The zero-order valence-corrected chi connectivity index (χ0v) is 17.8. The lowest BCUT2D eigenvalue weighted by Crippen LogP contribution is -2.29. The Balaban J connectivity index is 1.52. The number of aryl methyl sites for hydroxylation is 1. The molecule has 1 aliphatic rings. The van der Waals surface area contributed by atoms with Crippen molar-refractivity contribution in [2.24, 2.45) is 0 Å². The highest BCUT2D eigenvalue weighted by Gasteiger charge is 2.17. The number of hydrogen-bond donors (Lipinski definition) is 0. The van der Waals surface area contributed by atoms with Gasteiger partial charge in [0.2, 0.25) is 5.89 Å². The highest BCUT2D eigenvalue weighted by molar-refractivity contribution is 5.82. The van der Waals surface area contributed by atoms with Crippen LogP contribution in [0.2, 0.25) is 0 Å². The number of likely N-dealkylation sites (tertiary alicyclic amines) is 1. The lowest BCUT2D eigenvalue weighted by atomic mass is 9.96.